The number of rotatable bonds is 2. The van der Waals surface area contributed by atoms with Crippen LogP contribution in [0.25, 0.3) is 11.5 Å². The molecule has 0 atom stereocenters. The van der Waals surface area contributed by atoms with Crippen molar-refractivity contribution in [2.75, 3.05) is 7.11 Å². The first-order valence-electron chi connectivity index (χ1n) is 4.27. The maximum absolute atomic E-state index is 5.67. The van der Waals surface area contributed by atoms with Crippen LogP contribution in [-0.2, 0) is 0 Å². The number of halogens is 2. The predicted octanol–water partition coefficient (Wildman–Crippen LogP) is 2.25. The lowest BCUT2D eigenvalue weighted by Gasteiger charge is -2.02. The van der Waals surface area contributed by atoms with Gasteiger partial charge in [-0.2, -0.15) is 15.0 Å². The number of nitrogens with zero attached hydrogens (tertiary/aromatic N) is 4. The summed E-state index contributed by atoms with van der Waals surface area (Å²) < 4.78 is 4.99. The minimum atomic E-state index is 0.0274. The normalized spacial score (nSPS) is 10.2. The molecule has 7 heteroatoms. The molecule has 0 unspecified atom stereocenters. The number of hydrogen-bond donors (Lipinski definition) is 0. The van der Waals surface area contributed by atoms with Gasteiger partial charge in [0.1, 0.15) is 5.69 Å². The van der Waals surface area contributed by atoms with E-state index in [0.29, 0.717) is 17.4 Å². The first-order chi connectivity index (χ1) is 7.69. The molecule has 0 fully saturated rings. The fourth-order valence-electron chi connectivity index (χ4n) is 1.09. The lowest BCUT2D eigenvalue weighted by Crippen LogP contribution is -1.96. The van der Waals surface area contributed by atoms with Gasteiger partial charge in [-0.1, -0.05) is 6.07 Å². The molecule has 0 aliphatic carbocycles. The maximum atomic E-state index is 5.67. The smallest absolute Gasteiger partial charge is 0.227 e. The van der Waals surface area contributed by atoms with Gasteiger partial charge in [0.2, 0.25) is 16.4 Å². The van der Waals surface area contributed by atoms with Crippen molar-refractivity contribution >= 4 is 23.2 Å². The van der Waals surface area contributed by atoms with Gasteiger partial charge < -0.3 is 4.74 Å². The van der Waals surface area contributed by atoms with Crippen LogP contribution in [-0.4, -0.2) is 27.0 Å². The zero-order valence-corrected chi connectivity index (χ0v) is 9.70. The summed E-state index contributed by atoms with van der Waals surface area (Å²) in [7, 11) is 1.53. The van der Waals surface area contributed by atoms with E-state index in [1.54, 1.807) is 18.2 Å². The van der Waals surface area contributed by atoms with Crippen molar-refractivity contribution in [1.82, 2.24) is 19.9 Å². The van der Waals surface area contributed by atoms with E-state index < -0.39 is 0 Å². The molecule has 0 aliphatic heterocycles. The second-order valence-electron chi connectivity index (χ2n) is 2.76. The van der Waals surface area contributed by atoms with Crippen molar-refractivity contribution in [1.29, 1.82) is 0 Å². The fourth-order valence-corrected chi connectivity index (χ4v) is 1.46. The summed E-state index contributed by atoms with van der Waals surface area (Å²) >= 11 is 11.3. The van der Waals surface area contributed by atoms with Crippen LogP contribution in [0.4, 0.5) is 0 Å². The molecule has 82 valence electrons. The summed E-state index contributed by atoms with van der Waals surface area (Å²) in [6.07, 6.45) is 0. The van der Waals surface area contributed by atoms with Crippen molar-refractivity contribution in [2.24, 2.45) is 0 Å². The highest BCUT2D eigenvalue weighted by atomic mass is 35.5. The zero-order valence-electron chi connectivity index (χ0n) is 8.19. The van der Waals surface area contributed by atoms with Crippen molar-refractivity contribution in [3.05, 3.63) is 28.8 Å². The molecule has 2 rings (SSSR count). The van der Waals surface area contributed by atoms with Crippen LogP contribution in [0.5, 0.6) is 5.88 Å². The molecule has 0 N–H and O–H groups in total. The van der Waals surface area contributed by atoms with Crippen molar-refractivity contribution in [2.45, 2.75) is 0 Å². The van der Waals surface area contributed by atoms with Crippen molar-refractivity contribution < 1.29 is 4.74 Å². The van der Waals surface area contributed by atoms with Gasteiger partial charge in [0, 0.05) is 6.07 Å². The summed E-state index contributed by atoms with van der Waals surface area (Å²) in [5.41, 5.74) is 0.519. The maximum Gasteiger partial charge on any atom is 0.227 e. The van der Waals surface area contributed by atoms with Crippen molar-refractivity contribution in [3.63, 3.8) is 0 Å². The number of pyridine rings is 1. The lowest BCUT2D eigenvalue weighted by molar-refractivity contribution is 0.398. The SMILES string of the molecule is COc1cccc(-c2nc(Cl)nc(Cl)n2)n1. The van der Waals surface area contributed by atoms with Crippen LogP contribution in [0.15, 0.2) is 18.2 Å². The van der Waals surface area contributed by atoms with E-state index in [0.717, 1.165) is 0 Å². The molecule has 2 aromatic rings. The average Bonchev–Trinajstić information content (AvgIpc) is 2.28. The van der Waals surface area contributed by atoms with Crippen LogP contribution in [0.2, 0.25) is 10.6 Å². The van der Waals surface area contributed by atoms with Crippen LogP contribution in [0.1, 0.15) is 0 Å². The second kappa shape index (κ2) is 4.59. The van der Waals surface area contributed by atoms with Crippen LogP contribution in [0.3, 0.4) is 0 Å². The van der Waals surface area contributed by atoms with Gasteiger partial charge in [0.15, 0.2) is 5.82 Å². The number of methoxy groups -OCH3 is 1. The van der Waals surface area contributed by atoms with Gasteiger partial charge in [-0.15, -0.1) is 0 Å². The fraction of sp³-hybridized carbons (Fsp3) is 0.111. The molecular formula is C9H6Cl2N4O. The van der Waals surface area contributed by atoms with E-state index in [-0.39, 0.29) is 10.6 Å². The Bertz CT molecular complexity index is 500. The van der Waals surface area contributed by atoms with Crippen LogP contribution < -0.4 is 4.74 Å². The Morgan fingerprint density at radius 3 is 2.31 bits per heavy atom. The summed E-state index contributed by atoms with van der Waals surface area (Å²) in [5, 5.41) is 0.0549. The molecule has 0 aliphatic rings. The number of hydrogen-bond acceptors (Lipinski definition) is 5. The minimum absolute atomic E-state index is 0.0274. The lowest BCUT2D eigenvalue weighted by atomic mass is 10.3. The monoisotopic (exact) mass is 256 g/mol. The Balaban J connectivity index is 2.49. The molecule has 0 saturated carbocycles. The molecule has 2 heterocycles. The van der Waals surface area contributed by atoms with E-state index in [1.165, 1.54) is 7.11 Å². The molecule has 5 nitrogen and oxygen atoms in total. The van der Waals surface area contributed by atoms with Gasteiger partial charge in [-0.3, -0.25) is 0 Å². The molecule has 0 radical (unpaired) electrons. The summed E-state index contributed by atoms with van der Waals surface area (Å²) in [6.45, 7) is 0. The first kappa shape index (κ1) is 11.0. The van der Waals surface area contributed by atoms with Crippen LogP contribution >= 0.6 is 23.2 Å². The van der Waals surface area contributed by atoms with E-state index in [9.17, 15) is 0 Å². The highest BCUT2D eigenvalue weighted by Crippen LogP contribution is 2.18. The molecule has 0 bridgehead atoms. The third kappa shape index (κ3) is 2.37. The van der Waals surface area contributed by atoms with Gasteiger partial charge in [-0.05, 0) is 29.3 Å². The highest BCUT2D eigenvalue weighted by Gasteiger charge is 2.07. The molecule has 0 amide bonds. The van der Waals surface area contributed by atoms with Gasteiger partial charge in [0.25, 0.3) is 0 Å². The third-order valence-electron chi connectivity index (χ3n) is 1.74. The third-order valence-corrected chi connectivity index (χ3v) is 2.08. The van der Waals surface area contributed by atoms with E-state index in [1.807, 2.05) is 0 Å². The summed E-state index contributed by atoms with van der Waals surface area (Å²) in [6, 6.07) is 5.21. The Labute approximate surface area is 101 Å². The largest absolute Gasteiger partial charge is 0.481 e. The Morgan fingerprint density at radius 2 is 1.69 bits per heavy atom. The summed E-state index contributed by atoms with van der Waals surface area (Å²) in [5.74, 6) is 0.772. The second-order valence-corrected chi connectivity index (χ2v) is 3.44. The standard InChI is InChI=1S/C9H6Cl2N4O/c1-16-6-4-2-3-5(12-6)7-13-8(10)15-9(11)14-7/h2-4H,1H3. The zero-order chi connectivity index (χ0) is 11.5. The van der Waals surface area contributed by atoms with E-state index in [4.69, 9.17) is 27.9 Å². The minimum Gasteiger partial charge on any atom is -0.481 e. The van der Waals surface area contributed by atoms with E-state index in [2.05, 4.69) is 19.9 Å². The molecule has 0 spiro atoms. The molecular weight excluding hydrogens is 251 g/mol. The van der Waals surface area contributed by atoms with Gasteiger partial charge in [-0.25, -0.2) is 4.98 Å². The first-order valence-corrected chi connectivity index (χ1v) is 5.03. The van der Waals surface area contributed by atoms with Crippen LogP contribution in [0, 0.1) is 0 Å². The molecule has 0 saturated heterocycles. The number of aromatic nitrogens is 4. The number of ether oxygens (including phenoxy) is 1. The quantitative estimate of drug-likeness (QED) is 0.825. The predicted molar refractivity (Wildman–Crippen MR) is 59.6 cm³/mol. The summed E-state index contributed by atoms with van der Waals surface area (Å²) in [4.78, 5) is 15.6. The Hall–Kier alpha value is -1.46. The van der Waals surface area contributed by atoms with E-state index >= 15 is 0 Å². The highest BCUT2D eigenvalue weighted by molar-refractivity contribution is 6.31. The molecule has 2 aromatic heterocycles. The Morgan fingerprint density at radius 1 is 1.00 bits per heavy atom. The van der Waals surface area contributed by atoms with Crippen molar-refractivity contribution in [3.8, 4) is 17.4 Å². The van der Waals surface area contributed by atoms with Gasteiger partial charge in [0.05, 0.1) is 7.11 Å². The molecule has 0 aromatic carbocycles. The topological polar surface area (TPSA) is 60.8 Å². The van der Waals surface area contributed by atoms with Gasteiger partial charge >= 0.3 is 0 Å². The average molecular weight is 257 g/mol. The Kier molecular flexibility index (Phi) is 3.17. The molecule has 16 heavy (non-hydrogen) atoms.